The standard InChI is InChI=1S/C15H15NO2/c1-18-15(17)12-6-7-14-13-5-3-2-4-11(13)8-9-16(14)10-12/h2-7H,8-10H2,1H3. The number of fused-ring (bicyclic) bond motifs is 3. The van der Waals surface area contributed by atoms with Gasteiger partial charge in [0.1, 0.15) is 0 Å². The Morgan fingerprint density at radius 1 is 1.28 bits per heavy atom. The maximum atomic E-state index is 11.5. The minimum absolute atomic E-state index is 0.232. The average molecular weight is 241 g/mol. The Morgan fingerprint density at radius 3 is 2.94 bits per heavy atom. The van der Waals surface area contributed by atoms with Crippen molar-refractivity contribution in [1.29, 1.82) is 0 Å². The summed E-state index contributed by atoms with van der Waals surface area (Å²) in [6, 6.07) is 8.45. The lowest BCUT2D eigenvalue weighted by Gasteiger charge is -2.35. The smallest absolute Gasteiger partial charge is 0.335 e. The Hall–Kier alpha value is -2.03. The van der Waals surface area contributed by atoms with Crippen LogP contribution >= 0.6 is 0 Å². The van der Waals surface area contributed by atoms with Gasteiger partial charge < -0.3 is 9.64 Å². The van der Waals surface area contributed by atoms with E-state index in [0.717, 1.165) is 18.5 Å². The number of allylic oxidation sites excluding steroid dienone is 2. The van der Waals surface area contributed by atoms with Crippen LogP contribution in [0.5, 0.6) is 0 Å². The molecule has 0 saturated carbocycles. The molecular weight excluding hydrogens is 226 g/mol. The van der Waals surface area contributed by atoms with Gasteiger partial charge in [0.25, 0.3) is 0 Å². The minimum Gasteiger partial charge on any atom is -0.466 e. The van der Waals surface area contributed by atoms with Crippen LogP contribution in [-0.4, -0.2) is 31.1 Å². The molecule has 0 bridgehead atoms. The number of benzene rings is 1. The minimum atomic E-state index is -0.232. The molecule has 2 aliphatic heterocycles. The van der Waals surface area contributed by atoms with Crippen LogP contribution < -0.4 is 0 Å². The molecule has 0 unspecified atom stereocenters. The molecule has 1 aromatic carbocycles. The van der Waals surface area contributed by atoms with Gasteiger partial charge in [-0.1, -0.05) is 24.3 Å². The van der Waals surface area contributed by atoms with Gasteiger partial charge in [-0.3, -0.25) is 0 Å². The van der Waals surface area contributed by atoms with E-state index in [1.54, 1.807) is 0 Å². The van der Waals surface area contributed by atoms with Crippen LogP contribution in [-0.2, 0) is 16.0 Å². The number of carbonyl (C=O) groups excluding carboxylic acids is 1. The van der Waals surface area contributed by atoms with E-state index < -0.39 is 0 Å². The highest BCUT2D eigenvalue weighted by atomic mass is 16.5. The summed E-state index contributed by atoms with van der Waals surface area (Å²) in [5.74, 6) is -0.232. The fourth-order valence-electron chi connectivity index (χ4n) is 2.60. The van der Waals surface area contributed by atoms with Gasteiger partial charge >= 0.3 is 5.97 Å². The summed E-state index contributed by atoms with van der Waals surface area (Å²) in [7, 11) is 1.42. The molecule has 3 rings (SSSR count). The molecule has 0 saturated heterocycles. The number of nitrogens with zero attached hydrogens (tertiary/aromatic N) is 1. The van der Waals surface area contributed by atoms with E-state index >= 15 is 0 Å². The normalized spacial score (nSPS) is 17.3. The quantitative estimate of drug-likeness (QED) is 0.704. The third kappa shape index (κ3) is 1.72. The molecule has 0 N–H and O–H groups in total. The van der Waals surface area contributed by atoms with E-state index in [0.29, 0.717) is 6.54 Å². The molecule has 3 nitrogen and oxygen atoms in total. The van der Waals surface area contributed by atoms with Crippen LogP contribution in [0, 0.1) is 0 Å². The predicted octanol–water partition coefficient (Wildman–Crippen LogP) is 2.00. The van der Waals surface area contributed by atoms with Crippen molar-refractivity contribution in [1.82, 2.24) is 4.90 Å². The van der Waals surface area contributed by atoms with Gasteiger partial charge in [0.2, 0.25) is 0 Å². The van der Waals surface area contributed by atoms with Crippen molar-refractivity contribution in [3.05, 3.63) is 53.1 Å². The van der Waals surface area contributed by atoms with Crippen LogP contribution in [0.15, 0.2) is 42.0 Å². The third-order valence-electron chi connectivity index (χ3n) is 3.54. The first-order valence-electron chi connectivity index (χ1n) is 6.12. The highest BCUT2D eigenvalue weighted by Crippen LogP contribution is 2.31. The summed E-state index contributed by atoms with van der Waals surface area (Å²) in [6.45, 7) is 1.60. The molecule has 0 aromatic heterocycles. The van der Waals surface area contributed by atoms with E-state index in [9.17, 15) is 4.79 Å². The summed E-state index contributed by atoms with van der Waals surface area (Å²) in [4.78, 5) is 13.8. The van der Waals surface area contributed by atoms with Crippen LogP contribution in [0.1, 0.15) is 11.1 Å². The predicted molar refractivity (Wildman–Crippen MR) is 69.8 cm³/mol. The van der Waals surface area contributed by atoms with Crippen molar-refractivity contribution < 1.29 is 9.53 Å². The number of esters is 1. The number of hydrogen-bond acceptors (Lipinski definition) is 3. The van der Waals surface area contributed by atoms with Crippen molar-refractivity contribution in [3.63, 3.8) is 0 Å². The molecule has 2 heterocycles. The molecular formula is C15H15NO2. The monoisotopic (exact) mass is 241 g/mol. The van der Waals surface area contributed by atoms with E-state index in [2.05, 4.69) is 29.2 Å². The van der Waals surface area contributed by atoms with Crippen LogP contribution in [0.2, 0.25) is 0 Å². The molecule has 0 atom stereocenters. The summed E-state index contributed by atoms with van der Waals surface area (Å²) in [5, 5.41) is 0. The van der Waals surface area contributed by atoms with E-state index in [4.69, 9.17) is 4.74 Å². The molecule has 92 valence electrons. The zero-order chi connectivity index (χ0) is 12.5. The second-order valence-corrected chi connectivity index (χ2v) is 4.56. The van der Waals surface area contributed by atoms with Crippen molar-refractivity contribution in [2.75, 3.05) is 20.2 Å². The van der Waals surface area contributed by atoms with Crippen molar-refractivity contribution in [3.8, 4) is 0 Å². The second-order valence-electron chi connectivity index (χ2n) is 4.56. The highest BCUT2D eigenvalue weighted by Gasteiger charge is 2.25. The first kappa shape index (κ1) is 11.1. The molecule has 0 amide bonds. The highest BCUT2D eigenvalue weighted by molar-refractivity contribution is 5.91. The molecule has 18 heavy (non-hydrogen) atoms. The lowest BCUT2D eigenvalue weighted by Crippen LogP contribution is -2.34. The summed E-state index contributed by atoms with van der Waals surface area (Å²) in [6.07, 6.45) is 4.93. The topological polar surface area (TPSA) is 29.5 Å². The lowest BCUT2D eigenvalue weighted by atomic mass is 9.94. The van der Waals surface area contributed by atoms with Gasteiger partial charge in [-0.25, -0.2) is 4.79 Å². The Balaban J connectivity index is 2.00. The van der Waals surface area contributed by atoms with E-state index in [1.165, 1.54) is 23.9 Å². The summed E-state index contributed by atoms with van der Waals surface area (Å²) >= 11 is 0. The Labute approximate surface area is 106 Å². The third-order valence-corrected chi connectivity index (χ3v) is 3.54. The molecule has 2 aliphatic rings. The lowest BCUT2D eigenvalue weighted by molar-refractivity contribution is -0.136. The Kier molecular flexibility index (Phi) is 2.67. The van der Waals surface area contributed by atoms with Gasteiger partial charge in [-0.2, -0.15) is 0 Å². The number of carbonyl (C=O) groups is 1. The molecule has 1 aromatic rings. The van der Waals surface area contributed by atoms with Crippen molar-refractivity contribution >= 4 is 11.7 Å². The summed E-state index contributed by atoms with van der Waals surface area (Å²) < 4.78 is 4.78. The summed E-state index contributed by atoms with van der Waals surface area (Å²) in [5.41, 5.74) is 4.60. The Morgan fingerprint density at radius 2 is 2.11 bits per heavy atom. The number of hydrogen-bond donors (Lipinski definition) is 0. The Bertz CT molecular complexity index is 557. The fourth-order valence-corrected chi connectivity index (χ4v) is 2.60. The van der Waals surface area contributed by atoms with Crippen molar-refractivity contribution in [2.45, 2.75) is 6.42 Å². The van der Waals surface area contributed by atoms with Crippen LogP contribution in [0.3, 0.4) is 0 Å². The van der Waals surface area contributed by atoms with Gasteiger partial charge in [0.15, 0.2) is 0 Å². The van der Waals surface area contributed by atoms with Crippen LogP contribution in [0.25, 0.3) is 5.70 Å². The van der Waals surface area contributed by atoms with Crippen LogP contribution in [0.4, 0.5) is 0 Å². The number of rotatable bonds is 1. The maximum Gasteiger partial charge on any atom is 0.335 e. The van der Waals surface area contributed by atoms with Gasteiger partial charge in [0, 0.05) is 17.8 Å². The number of methoxy groups -OCH3 is 1. The first-order valence-corrected chi connectivity index (χ1v) is 6.12. The van der Waals surface area contributed by atoms with Gasteiger partial charge in [0.05, 0.1) is 19.2 Å². The first-order chi connectivity index (χ1) is 8.79. The largest absolute Gasteiger partial charge is 0.466 e. The zero-order valence-electron chi connectivity index (χ0n) is 10.3. The fraction of sp³-hybridized carbons (Fsp3) is 0.267. The molecule has 0 aliphatic carbocycles. The number of ether oxygens (including phenoxy) is 1. The van der Waals surface area contributed by atoms with Gasteiger partial charge in [-0.15, -0.1) is 0 Å². The van der Waals surface area contributed by atoms with Gasteiger partial charge in [-0.05, 0) is 24.1 Å². The average Bonchev–Trinajstić information content (AvgIpc) is 2.45. The van der Waals surface area contributed by atoms with Crippen molar-refractivity contribution in [2.24, 2.45) is 0 Å². The van der Waals surface area contributed by atoms with E-state index in [1.807, 2.05) is 12.2 Å². The molecule has 0 spiro atoms. The van der Waals surface area contributed by atoms with E-state index in [-0.39, 0.29) is 5.97 Å². The maximum absolute atomic E-state index is 11.5. The second kappa shape index (κ2) is 4.33. The molecule has 0 radical (unpaired) electrons. The zero-order valence-corrected chi connectivity index (χ0v) is 10.3. The molecule has 0 fully saturated rings. The SMILES string of the molecule is COC(=O)C1=CC=C2c3ccccc3CCN2C1. The molecule has 3 heteroatoms.